The number of aromatic nitrogens is 1. The van der Waals surface area contributed by atoms with Crippen LogP contribution in [0.3, 0.4) is 0 Å². The van der Waals surface area contributed by atoms with Gasteiger partial charge in [-0.3, -0.25) is 4.98 Å². The van der Waals surface area contributed by atoms with Crippen molar-refractivity contribution in [1.29, 1.82) is 0 Å². The van der Waals surface area contributed by atoms with Gasteiger partial charge in [0, 0.05) is 17.7 Å². The second-order valence-corrected chi connectivity index (χ2v) is 4.19. The topological polar surface area (TPSA) is 48.1 Å². The maximum absolute atomic E-state index is 5.74. The van der Waals surface area contributed by atoms with Crippen molar-refractivity contribution in [1.82, 2.24) is 4.98 Å². The number of nitrogens with zero attached hydrogens (tertiary/aromatic N) is 1. The van der Waals surface area contributed by atoms with Crippen molar-refractivity contribution in [2.75, 3.05) is 12.8 Å². The Bertz CT molecular complexity index is 332. The molecule has 82 valence electrons. The lowest BCUT2D eigenvalue weighted by Crippen LogP contribution is -2.07. The van der Waals surface area contributed by atoms with E-state index in [1.165, 1.54) is 32.1 Å². The van der Waals surface area contributed by atoms with E-state index in [2.05, 4.69) is 4.98 Å². The van der Waals surface area contributed by atoms with Crippen molar-refractivity contribution in [2.24, 2.45) is 0 Å². The minimum absolute atomic E-state index is 0.605. The molecule has 1 aromatic heterocycles. The first-order valence-electron chi connectivity index (χ1n) is 5.60. The van der Waals surface area contributed by atoms with Crippen LogP contribution < -0.4 is 10.5 Å². The highest BCUT2D eigenvalue weighted by Crippen LogP contribution is 2.33. The van der Waals surface area contributed by atoms with E-state index in [1.54, 1.807) is 13.3 Å². The Hall–Kier alpha value is -1.25. The lowest BCUT2D eigenvalue weighted by Gasteiger charge is -2.21. The molecule has 0 aliphatic heterocycles. The van der Waals surface area contributed by atoms with Gasteiger partial charge in [0.2, 0.25) is 0 Å². The van der Waals surface area contributed by atoms with E-state index in [1.807, 2.05) is 6.07 Å². The first kappa shape index (κ1) is 10.3. The summed E-state index contributed by atoms with van der Waals surface area (Å²) in [7, 11) is 1.65. The number of rotatable bonds is 2. The van der Waals surface area contributed by atoms with Crippen LogP contribution in [0.15, 0.2) is 12.3 Å². The fraction of sp³-hybridized carbons (Fsp3) is 0.583. The van der Waals surface area contributed by atoms with E-state index < -0.39 is 0 Å². The fourth-order valence-corrected chi connectivity index (χ4v) is 2.26. The molecule has 2 N–H and O–H groups in total. The van der Waals surface area contributed by atoms with E-state index in [0.717, 1.165) is 11.4 Å². The first-order valence-corrected chi connectivity index (χ1v) is 5.60. The Labute approximate surface area is 90.7 Å². The van der Waals surface area contributed by atoms with Crippen LogP contribution in [-0.2, 0) is 0 Å². The quantitative estimate of drug-likeness (QED) is 0.809. The highest BCUT2D eigenvalue weighted by molar-refractivity contribution is 5.51. The molecule has 1 aromatic rings. The van der Waals surface area contributed by atoms with Gasteiger partial charge in [-0.15, -0.1) is 0 Å². The zero-order valence-electron chi connectivity index (χ0n) is 9.20. The van der Waals surface area contributed by atoms with Gasteiger partial charge in [-0.05, 0) is 12.8 Å². The molecule has 2 rings (SSSR count). The Kier molecular flexibility index (Phi) is 3.09. The van der Waals surface area contributed by atoms with Crippen LogP contribution in [0.1, 0.15) is 43.7 Å². The van der Waals surface area contributed by atoms with Crippen LogP contribution in [0.25, 0.3) is 0 Å². The molecule has 0 aromatic carbocycles. The molecular formula is C12H18N2O. The maximum Gasteiger partial charge on any atom is 0.145 e. The third-order valence-electron chi connectivity index (χ3n) is 3.16. The van der Waals surface area contributed by atoms with Crippen LogP contribution in [0.2, 0.25) is 0 Å². The second-order valence-electron chi connectivity index (χ2n) is 4.19. The summed E-state index contributed by atoms with van der Waals surface area (Å²) in [5.74, 6) is 1.36. The second kappa shape index (κ2) is 4.51. The molecule has 3 heteroatoms. The zero-order chi connectivity index (χ0) is 10.7. The highest BCUT2D eigenvalue weighted by Gasteiger charge is 2.17. The van der Waals surface area contributed by atoms with E-state index in [9.17, 15) is 0 Å². The molecule has 0 atom stereocenters. The summed E-state index contributed by atoms with van der Waals surface area (Å²) in [6.45, 7) is 0. The summed E-state index contributed by atoms with van der Waals surface area (Å²) in [6.07, 6.45) is 8.21. The van der Waals surface area contributed by atoms with Gasteiger partial charge in [-0.2, -0.15) is 0 Å². The molecule has 1 aliphatic carbocycles. The SMILES string of the molecule is COc1cc(C2CCCCC2)ncc1N. The first-order chi connectivity index (χ1) is 7.31. The van der Waals surface area contributed by atoms with Gasteiger partial charge >= 0.3 is 0 Å². The van der Waals surface area contributed by atoms with Crippen molar-refractivity contribution in [2.45, 2.75) is 38.0 Å². The summed E-state index contributed by atoms with van der Waals surface area (Å²) >= 11 is 0. The van der Waals surface area contributed by atoms with Gasteiger partial charge < -0.3 is 10.5 Å². The summed E-state index contributed by atoms with van der Waals surface area (Å²) < 4.78 is 5.21. The van der Waals surface area contributed by atoms with Gasteiger partial charge in [0.05, 0.1) is 19.0 Å². The van der Waals surface area contributed by atoms with E-state index >= 15 is 0 Å². The smallest absolute Gasteiger partial charge is 0.145 e. The average Bonchev–Trinajstić information content (AvgIpc) is 2.31. The van der Waals surface area contributed by atoms with Gasteiger partial charge in [0.1, 0.15) is 5.75 Å². The zero-order valence-corrected chi connectivity index (χ0v) is 9.20. The van der Waals surface area contributed by atoms with Crippen molar-refractivity contribution in [3.8, 4) is 5.75 Å². The summed E-state index contributed by atoms with van der Waals surface area (Å²) in [5, 5.41) is 0. The molecule has 0 saturated heterocycles. The Morgan fingerprint density at radius 1 is 1.33 bits per heavy atom. The van der Waals surface area contributed by atoms with Crippen molar-refractivity contribution in [3.63, 3.8) is 0 Å². The summed E-state index contributed by atoms with van der Waals surface area (Å²) in [5.41, 5.74) is 7.50. The van der Waals surface area contributed by atoms with Crippen LogP contribution in [-0.4, -0.2) is 12.1 Å². The number of hydrogen-bond donors (Lipinski definition) is 1. The van der Waals surface area contributed by atoms with E-state index in [-0.39, 0.29) is 0 Å². The van der Waals surface area contributed by atoms with Crippen molar-refractivity contribution < 1.29 is 4.74 Å². The molecule has 1 heterocycles. The molecule has 0 bridgehead atoms. The number of anilines is 1. The van der Waals surface area contributed by atoms with Gasteiger partial charge in [0.25, 0.3) is 0 Å². The summed E-state index contributed by atoms with van der Waals surface area (Å²) in [4.78, 5) is 4.41. The Morgan fingerprint density at radius 3 is 2.73 bits per heavy atom. The third-order valence-corrected chi connectivity index (χ3v) is 3.16. The number of methoxy groups -OCH3 is 1. The van der Waals surface area contributed by atoms with Crippen LogP contribution >= 0.6 is 0 Å². The number of nitrogens with two attached hydrogens (primary N) is 1. The van der Waals surface area contributed by atoms with Crippen molar-refractivity contribution >= 4 is 5.69 Å². The highest BCUT2D eigenvalue weighted by atomic mass is 16.5. The normalized spacial score (nSPS) is 17.7. The van der Waals surface area contributed by atoms with Gasteiger partial charge in [0.15, 0.2) is 0 Å². The molecule has 3 nitrogen and oxygen atoms in total. The molecule has 1 fully saturated rings. The van der Waals surface area contributed by atoms with Crippen LogP contribution in [0.4, 0.5) is 5.69 Å². The van der Waals surface area contributed by atoms with Crippen LogP contribution in [0, 0.1) is 0 Å². The lowest BCUT2D eigenvalue weighted by molar-refractivity contribution is 0.409. The predicted octanol–water partition coefficient (Wildman–Crippen LogP) is 2.72. The third kappa shape index (κ3) is 2.22. The molecule has 0 spiro atoms. The van der Waals surface area contributed by atoms with Gasteiger partial charge in [-0.1, -0.05) is 19.3 Å². The molecule has 0 unspecified atom stereocenters. The Morgan fingerprint density at radius 2 is 2.07 bits per heavy atom. The fourth-order valence-electron chi connectivity index (χ4n) is 2.26. The number of hydrogen-bond acceptors (Lipinski definition) is 3. The molecule has 1 saturated carbocycles. The summed E-state index contributed by atoms with van der Waals surface area (Å²) in [6, 6.07) is 1.99. The number of ether oxygens (including phenoxy) is 1. The molecule has 1 aliphatic rings. The number of pyridine rings is 1. The minimum atomic E-state index is 0.605. The molecule has 15 heavy (non-hydrogen) atoms. The van der Waals surface area contributed by atoms with Crippen LogP contribution in [0.5, 0.6) is 5.75 Å². The molecular weight excluding hydrogens is 188 g/mol. The van der Waals surface area contributed by atoms with E-state index in [0.29, 0.717) is 11.6 Å². The maximum atomic E-state index is 5.74. The average molecular weight is 206 g/mol. The lowest BCUT2D eigenvalue weighted by atomic mass is 9.86. The standard InChI is InChI=1S/C12H18N2O/c1-15-12-7-11(14-8-10(12)13)9-5-3-2-4-6-9/h7-9H,2-6,13H2,1H3. The monoisotopic (exact) mass is 206 g/mol. The van der Waals surface area contributed by atoms with Crippen molar-refractivity contribution in [3.05, 3.63) is 18.0 Å². The van der Waals surface area contributed by atoms with E-state index in [4.69, 9.17) is 10.5 Å². The predicted molar refractivity (Wildman–Crippen MR) is 61.0 cm³/mol. The minimum Gasteiger partial charge on any atom is -0.494 e. The number of nitrogen functional groups attached to an aromatic ring is 1. The largest absolute Gasteiger partial charge is 0.494 e. The van der Waals surface area contributed by atoms with Gasteiger partial charge in [-0.25, -0.2) is 0 Å². The molecule has 0 amide bonds. The Balaban J connectivity index is 2.20. The molecule has 0 radical (unpaired) electrons.